The van der Waals surface area contributed by atoms with Crippen LogP contribution in [0.1, 0.15) is 32.3 Å². The van der Waals surface area contributed by atoms with Gasteiger partial charge in [-0.05, 0) is 38.3 Å². The molecule has 0 spiro atoms. The first-order valence-corrected chi connectivity index (χ1v) is 7.29. The fourth-order valence-corrected chi connectivity index (χ4v) is 2.37. The van der Waals surface area contributed by atoms with Crippen molar-refractivity contribution in [2.24, 2.45) is 11.7 Å². The van der Waals surface area contributed by atoms with Crippen LogP contribution in [-0.2, 0) is 16.0 Å². The molecule has 1 heterocycles. The molecule has 1 aromatic carbocycles. The Kier molecular flexibility index (Phi) is 6.38. The number of carbonyl (C=O) groups excluding carboxylic acids is 2. The van der Waals surface area contributed by atoms with E-state index in [2.05, 4.69) is 10.6 Å². The molecule has 1 aliphatic heterocycles. The first kappa shape index (κ1) is 18.5. The number of fused-ring (bicyclic) bond motifs is 1. The van der Waals surface area contributed by atoms with Gasteiger partial charge in [0.15, 0.2) is 0 Å². The van der Waals surface area contributed by atoms with Crippen LogP contribution in [0, 0.1) is 5.92 Å². The molecule has 0 saturated carbocycles. The van der Waals surface area contributed by atoms with Crippen molar-refractivity contribution < 1.29 is 9.59 Å². The molecule has 0 fully saturated rings. The molecule has 4 N–H and O–H groups in total. The highest BCUT2D eigenvalue weighted by atomic mass is 35.5. The summed E-state index contributed by atoms with van der Waals surface area (Å²) < 4.78 is 0. The van der Waals surface area contributed by atoms with Gasteiger partial charge >= 0.3 is 0 Å². The SMILES string of the molecule is CC(C)(N)CNC(=O)CCC1Cc2ccccc2NC1=O.Cl. The quantitative estimate of drug-likeness (QED) is 0.772. The number of rotatable bonds is 5. The minimum absolute atomic E-state index is 0. The molecular weight excluding hydrogens is 302 g/mol. The second-order valence-electron chi connectivity index (χ2n) is 6.35. The van der Waals surface area contributed by atoms with Crippen LogP contribution in [-0.4, -0.2) is 23.9 Å². The Bertz CT molecular complexity index is 540. The molecule has 2 rings (SSSR count). The van der Waals surface area contributed by atoms with Gasteiger partial charge in [0.1, 0.15) is 0 Å². The van der Waals surface area contributed by atoms with E-state index in [0.717, 1.165) is 11.3 Å². The smallest absolute Gasteiger partial charge is 0.227 e. The maximum Gasteiger partial charge on any atom is 0.227 e. The number of hydrogen-bond donors (Lipinski definition) is 3. The van der Waals surface area contributed by atoms with Crippen molar-refractivity contribution in [2.75, 3.05) is 11.9 Å². The van der Waals surface area contributed by atoms with Crippen LogP contribution in [0.15, 0.2) is 24.3 Å². The fourth-order valence-electron chi connectivity index (χ4n) is 2.37. The number of nitrogens with two attached hydrogens (primary N) is 1. The third-order valence-corrected chi connectivity index (χ3v) is 3.57. The van der Waals surface area contributed by atoms with Crippen molar-refractivity contribution in [3.63, 3.8) is 0 Å². The Morgan fingerprint density at radius 2 is 2.09 bits per heavy atom. The second-order valence-corrected chi connectivity index (χ2v) is 6.35. The van der Waals surface area contributed by atoms with Gasteiger partial charge in [-0.15, -0.1) is 12.4 Å². The van der Waals surface area contributed by atoms with E-state index < -0.39 is 5.54 Å². The van der Waals surface area contributed by atoms with E-state index in [-0.39, 0.29) is 30.1 Å². The summed E-state index contributed by atoms with van der Waals surface area (Å²) in [6.45, 7) is 4.16. The summed E-state index contributed by atoms with van der Waals surface area (Å²) in [4.78, 5) is 23.8. The summed E-state index contributed by atoms with van der Waals surface area (Å²) in [6, 6.07) is 7.78. The van der Waals surface area contributed by atoms with Gasteiger partial charge in [-0.3, -0.25) is 9.59 Å². The van der Waals surface area contributed by atoms with Crippen molar-refractivity contribution in [3.05, 3.63) is 29.8 Å². The van der Waals surface area contributed by atoms with E-state index in [1.165, 1.54) is 0 Å². The second kappa shape index (κ2) is 7.61. The van der Waals surface area contributed by atoms with Crippen molar-refractivity contribution in [1.29, 1.82) is 0 Å². The highest BCUT2D eigenvalue weighted by Gasteiger charge is 2.26. The number of carbonyl (C=O) groups is 2. The lowest BCUT2D eigenvalue weighted by Crippen LogP contribution is -2.45. The zero-order valence-corrected chi connectivity index (χ0v) is 13.8. The summed E-state index contributed by atoms with van der Waals surface area (Å²) in [5, 5.41) is 5.70. The highest BCUT2D eigenvalue weighted by molar-refractivity contribution is 5.96. The van der Waals surface area contributed by atoms with Crippen LogP contribution in [0.3, 0.4) is 0 Å². The zero-order chi connectivity index (χ0) is 15.5. The monoisotopic (exact) mass is 325 g/mol. The molecule has 1 aromatic rings. The zero-order valence-electron chi connectivity index (χ0n) is 13.0. The standard InChI is InChI=1S/C16H23N3O2.ClH/c1-16(2,17)10-18-14(20)8-7-12-9-11-5-3-4-6-13(11)19-15(12)21;/h3-6,12H,7-10,17H2,1-2H3,(H,18,20)(H,19,21);1H. The van der Waals surface area contributed by atoms with Gasteiger partial charge in [0.05, 0.1) is 0 Å². The Morgan fingerprint density at radius 3 is 2.77 bits per heavy atom. The van der Waals surface area contributed by atoms with Crippen molar-refractivity contribution in [2.45, 2.75) is 38.6 Å². The number of para-hydroxylation sites is 1. The predicted octanol–water partition coefficient (Wildman–Crippen LogP) is 1.85. The van der Waals surface area contributed by atoms with Crippen LogP contribution in [0.25, 0.3) is 0 Å². The van der Waals surface area contributed by atoms with Crippen molar-refractivity contribution >= 4 is 29.9 Å². The predicted molar refractivity (Wildman–Crippen MR) is 90.0 cm³/mol. The van der Waals surface area contributed by atoms with Crippen molar-refractivity contribution in [1.82, 2.24) is 5.32 Å². The number of amides is 2. The Hall–Kier alpha value is -1.59. The third kappa shape index (κ3) is 5.31. The number of halogens is 1. The van der Waals surface area contributed by atoms with E-state index in [9.17, 15) is 9.59 Å². The normalized spacial score (nSPS) is 17.0. The van der Waals surface area contributed by atoms with Gasteiger partial charge in [0.2, 0.25) is 11.8 Å². The number of nitrogens with one attached hydrogen (secondary N) is 2. The third-order valence-electron chi connectivity index (χ3n) is 3.57. The van der Waals surface area contributed by atoms with Crippen LogP contribution < -0.4 is 16.4 Å². The molecule has 1 unspecified atom stereocenters. The molecule has 1 atom stereocenters. The van der Waals surface area contributed by atoms with Gasteiger partial charge in [0.25, 0.3) is 0 Å². The molecule has 1 aliphatic rings. The number of hydrogen-bond acceptors (Lipinski definition) is 3. The maximum atomic E-state index is 12.0. The summed E-state index contributed by atoms with van der Waals surface area (Å²) in [5.74, 6) is -0.197. The number of benzene rings is 1. The van der Waals surface area contributed by atoms with E-state index >= 15 is 0 Å². The van der Waals surface area contributed by atoms with E-state index in [4.69, 9.17) is 5.73 Å². The molecule has 122 valence electrons. The van der Waals surface area contributed by atoms with Crippen LogP contribution in [0.2, 0.25) is 0 Å². The van der Waals surface area contributed by atoms with E-state index in [1.807, 2.05) is 38.1 Å². The fraction of sp³-hybridized carbons (Fsp3) is 0.500. The Morgan fingerprint density at radius 1 is 1.41 bits per heavy atom. The minimum atomic E-state index is -0.420. The van der Waals surface area contributed by atoms with Gasteiger partial charge in [-0.25, -0.2) is 0 Å². The average molecular weight is 326 g/mol. The van der Waals surface area contributed by atoms with Gasteiger partial charge < -0.3 is 16.4 Å². The molecule has 0 aromatic heterocycles. The van der Waals surface area contributed by atoms with E-state index in [1.54, 1.807) is 0 Å². The summed E-state index contributed by atoms with van der Waals surface area (Å²) >= 11 is 0. The largest absolute Gasteiger partial charge is 0.354 e. The maximum absolute atomic E-state index is 12.0. The molecule has 0 aliphatic carbocycles. The first-order valence-electron chi connectivity index (χ1n) is 7.29. The molecule has 5 nitrogen and oxygen atoms in total. The molecule has 22 heavy (non-hydrogen) atoms. The summed E-state index contributed by atoms with van der Waals surface area (Å²) in [6.07, 6.45) is 1.59. The summed E-state index contributed by atoms with van der Waals surface area (Å²) in [7, 11) is 0. The van der Waals surface area contributed by atoms with Crippen LogP contribution >= 0.6 is 12.4 Å². The topological polar surface area (TPSA) is 84.2 Å². The number of anilines is 1. The molecule has 6 heteroatoms. The van der Waals surface area contributed by atoms with Gasteiger partial charge in [-0.2, -0.15) is 0 Å². The molecule has 2 amide bonds. The molecular formula is C16H24ClN3O2. The van der Waals surface area contributed by atoms with Crippen LogP contribution in [0.4, 0.5) is 5.69 Å². The molecule has 0 bridgehead atoms. The Balaban J connectivity index is 0.00000242. The Labute approximate surface area is 137 Å². The van der Waals surface area contributed by atoms with Gasteiger partial charge in [-0.1, -0.05) is 18.2 Å². The van der Waals surface area contributed by atoms with Crippen molar-refractivity contribution in [3.8, 4) is 0 Å². The first-order chi connectivity index (χ1) is 9.85. The molecule has 0 radical (unpaired) electrons. The molecule has 0 saturated heterocycles. The highest BCUT2D eigenvalue weighted by Crippen LogP contribution is 2.27. The lowest BCUT2D eigenvalue weighted by molar-refractivity contribution is -0.123. The van der Waals surface area contributed by atoms with Gasteiger partial charge in [0, 0.05) is 30.1 Å². The lowest BCUT2D eigenvalue weighted by Gasteiger charge is -2.24. The minimum Gasteiger partial charge on any atom is -0.354 e. The van der Waals surface area contributed by atoms with Crippen LogP contribution in [0.5, 0.6) is 0 Å². The summed E-state index contributed by atoms with van der Waals surface area (Å²) in [5.41, 5.74) is 7.41. The lowest BCUT2D eigenvalue weighted by atomic mass is 9.89. The average Bonchev–Trinajstić information content (AvgIpc) is 2.42. The van der Waals surface area contributed by atoms with E-state index in [0.29, 0.717) is 25.8 Å².